The number of imide groups is 1. The summed E-state index contributed by atoms with van der Waals surface area (Å²) in [6, 6.07) is 10.6. The second-order valence-corrected chi connectivity index (χ2v) is 9.55. The number of allylic oxidation sites excluding steroid dienone is 1. The van der Waals surface area contributed by atoms with E-state index >= 15 is 0 Å². The van der Waals surface area contributed by atoms with Crippen LogP contribution in [0.25, 0.3) is 0 Å². The van der Waals surface area contributed by atoms with Gasteiger partial charge < -0.3 is 9.47 Å². The van der Waals surface area contributed by atoms with Gasteiger partial charge in [-0.3, -0.25) is 24.2 Å². The molecule has 5 rings (SSSR count). The summed E-state index contributed by atoms with van der Waals surface area (Å²) < 4.78 is 10.3. The minimum absolute atomic E-state index is 0.288. The summed E-state index contributed by atoms with van der Waals surface area (Å²) in [5.74, 6) is -3.74. The first kappa shape index (κ1) is 26.0. The van der Waals surface area contributed by atoms with E-state index in [4.69, 9.17) is 9.47 Å². The predicted octanol–water partition coefficient (Wildman–Crippen LogP) is 3.17. The van der Waals surface area contributed by atoms with E-state index in [1.165, 1.54) is 66.7 Å². The molecule has 2 aromatic rings. The third kappa shape index (κ3) is 4.73. The number of carbonyl (C=O) groups is 5. The molecule has 4 atom stereocenters. The van der Waals surface area contributed by atoms with E-state index in [0.717, 1.165) is 17.7 Å². The number of fused-ring (bicyclic) bond motifs is 3. The van der Waals surface area contributed by atoms with Gasteiger partial charge in [0.1, 0.15) is 11.8 Å². The Kier molecular flexibility index (Phi) is 7.10. The number of ketones is 1. The number of esters is 2. The van der Waals surface area contributed by atoms with Crippen LogP contribution in [0.5, 0.6) is 5.75 Å². The summed E-state index contributed by atoms with van der Waals surface area (Å²) in [5.41, 5.74) is 0.927. The van der Waals surface area contributed by atoms with Crippen molar-refractivity contribution in [2.24, 2.45) is 16.9 Å². The molecular formula is C29H27N3O7. The monoisotopic (exact) mass is 529 g/mol. The van der Waals surface area contributed by atoms with Gasteiger partial charge >= 0.3 is 11.9 Å². The molecule has 3 aliphatic rings. The Bertz CT molecular complexity index is 1380. The predicted molar refractivity (Wildman–Crippen MR) is 140 cm³/mol. The fourth-order valence-electron chi connectivity index (χ4n) is 5.25. The number of unbranched alkanes of at least 4 members (excludes halogenated alkanes) is 1. The van der Waals surface area contributed by atoms with Crippen molar-refractivity contribution >= 4 is 41.4 Å². The van der Waals surface area contributed by atoms with Gasteiger partial charge in [0.05, 0.1) is 35.7 Å². The first-order valence-corrected chi connectivity index (χ1v) is 12.8. The number of nitrogens with zero attached hydrogens (tertiary/aromatic N) is 3. The zero-order chi connectivity index (χ0) is 27.7. The Labute approximate surface area is 224 Å². The summed E-state index contributed by atoms with van der Waals surface area (Å²) in [6.45, 7) is 3.59. The van der Waals surface area contributed by atoms with E-state index in [1.807, 2.05) is 6.92 Å². The van der Waals surface area contributed by atoms with Crippen LogP contribution in [0.15, 0.2) is 65.8 Å². The Morgan fingerprint density at radius 2 is 1.59 bits per heavy atom. The van der Waals surface area contributed by atoms with Crippen LogP contribution in [0.3, 0.4) is 0 Å². The van der Waals surface area contributed by atoms with Gasteiger partial charge in [-0.25, -0.2) is 9.69 Å². The quantitative estimate of drug-likeness (QED) is 0.168. The molecule has 0 radical (unpaired) electrons. The van der Waals surface area contributed by atoms with Gasteiger partial charge in [-0.15, -0.1) is 0 Å². The number of Topliss-reactive ketones (excluding diaryl/α,β-unsaturated/α-hetero) is 1. The highest BCUT2D eigenvalue weighted by Gasteiger charge is 2.64. The maximum Gasteiger partial charge on any atom is 0.338 e. The average molecular weight is 530 g/mol. The average Bonchev–Trinajstić information content (AvgIpc) is 3.41. The molecule has 2 aromatic carbocycles. The van der Waals surface area contributed by atoms with Crippen molar-refractivity contribution in [2.75, 3.05) is 11.5 Å². The summed E-state index contributed by atoms with van der Waals surface area (Å²) in [6.07, 6.45) is 6.64. The minimum atomic E-state index is -1.00. The molecular weight excluding hydrogens is 502 g/mol. The van der Waals surface area contributed by atoms with E-state index in [-0.39, 0.29) is 11.5 Å². The van der Waals surface area contributed by atoms with Crippen LogP contribution >= 0.6 is 0 Å². The smallest absolute Gasteiger partial charge is 0.338 e. The Morgan fingerprint density at radius 3 is 2.26 bits per heavy atom. The third-order valence-electron chi connectivity index (χ3n) is 7.05. The Morgan fingerprint density at radius 1 is 0.923 bits per heavy atom. The third-order valence-corrected chi connectivity index (χ3v) is 7.05. The lowest BCUT2D eigenvalue weighted by Gasteiger charge is -2.30. The molecule has 0 bridgehead atoms. The molecule has 3 aliphatic heterocycles. The number of rotatable bonds is 8. The summed E-state index contributed by atoms with van der Waals surface area (Å²) in [4.78, 5) is 65.7. The highest BCUT2D eigenvalue weighted by Crippen LogP contribution is 2.46. The molecule has 3 heterocycles. The molecule has 0 saturated carbocycles. The zero-order valence-corrected chi connectivity index (χ0v) is 21.5. The standard InChI is InChI=1S/C29H27N3O7/c1-3-4-16-38-29(37)19-7-11-20(12-8-19)31-27(35)23-22-6-5-15-30-32(22)25(24(23)28(31)36)26(34)18-9-13-21(14-10-18)39-17(2)33/h5-15,22-25H,3-4,16H2,1-2H3/t22-,23+,24+,25+/m1/s1. The van der Waals surface area contributed by atoms with Crippen LogP contribution in [0, 0.1) is 11.8 Å². The van der Waals surface area contributed by atoms with Crippen molar-refractivity contribution in [2.45, 2.75) is 38.8 Å². The molecule has 10 heteroatoms. The van der Waals surface area contributed by atoms with Gasteiger partial charge in [0, 0.05) is 18.7 Å². The number of amides is 2. The molecule has 0 unspecified atom stereocenters. The van der Waals surface area contributed by atoms with Gasteiger partial charge in [0.2, 0.25) is 11.8 Å². The van der Waals surface area contributed by atoms with Crippen molar-refractivity contribution in [3.05, 3.63) is 71.8 Å². The Hall–Kier alpha value is -4.60. The van der Waals surface area contributed by atoms with Crippen molar-refractivity contribution in [1.82, 2.24) is 5.01 Å². The zero-order valence-electron chi connectivity index (χ0n) is 21.5. The number of hydrogen-bond acceptors (Lipinski definition) is 9. The van der Waals surface area contributed by atoms with E-state index in [0.29, 0.717) is 23.4 Å². The largest absolute Gasteiger partial charge is 0.462 e. The van der Waals surface area contributed by atoms with Crippen molar-refractivity contribution in [1.29, 1.82) is 0 Å². The van der Waals surface area contributed by atoms with Crippen molar-refractivity contribution < 1.29 is 33.4 Å². The molecule has 0 N–H and O–H groups in total. The lowest BCUT2D eigenvalue weighted by atomic mass is 9.86. The van der Waals surface area contributed by atoms with E-state index in [2.05, 4.69) is 5.10 Å². The molecule has 200 valence electrons. The first-order valence-electron chi connectivity index (χ1n) is 12.8. The molecule has 0 aromatic heterocycles. The Balaban J connectivity index is 1.41. The van der Waals surface area contributed by atoms with Gasteiger partial charge in [-0.2, -0.15) is 5.10 Å². The SMILES string of the molecule is CCCCOC(=O)c1ccc(N2C(=O)[C@@H]3[C@H](C2=O)[C@@H](C(=O)c2ccc(OC(C)=O)cc2)N2N=CC=C[C@H]32)cc1. The molecule has 2 saturated heterocycles. The second kappa shape index (κ2) is 10.6. The number of anilines is 1. The van der Waals surface area contributed by atoms with Crippen molar-refractivity contribution in [3.63, 3.8) is 0 Å². The number of ether oxygens (including phenoxy) is 2. The first-order chi connectivity index (χ1) is 18.8. The van der Waals surface area contributed by atoms with Crippen LogP contribution in [0.1, 0.15) is 47.4 Å². The lowest BCUT2D eigenvalue weighted by Crippen LogP contribution is -2.46. The van der Waals surface area contributed by atoms with Crippen LogP contribution in [-0.2, 0) is 19.1 Å². The minimum Gasteiger partial charge on any atom is -0.462 e. The van der Waals surface area contributed by atoms with E-state index < -0.39 is 47.7 Å². The normalized spacial score (nSPS) is 23.0. The van der Waals surface area contributed by atoms with Crippen molar-refractivity contribution in [3.8, 4) is 5.75 Å². The maximum atomic E-state index is 13.8. The van der Waals surface area contributed by atoms with Gasteiger partial charge in [0.25, 0.3) is 0 Å². The fourth-order valence-corrected chi connectivity index (χ4v) is 5.25. The maximum absolute atomic E-state index is 13.8. The van der Waals surface area contributed by atoms with E-state index in [1.54, 1.807) is 12.2 Å². The van der Waals surface area contributed by atoms with Crippen LogP contribution < -0.4 is 9.64 Å². The summed E-state index contributed by atoms with van der Waals surface area (Å²) >= 11 is 0. The number of hydrogen-bond donors (Lipinski definition) is 0. The number of carbonyl (C=O) groups excluding carboxylic acids is 5. The topological polar surface area (TPSA) is 123 Å². The highest BCUT2D eigenvalue weighted by atomic mass is 16.5. The molecule has 0 aliphatic carbocycles. The van der Waals surface area contributed by atoms with Crippen LogP contribution in [-0.4, -0.2) is 59.5 Å². The van der Waals surface area contributed by atoms with Crippen LogP contribution in [0.4, 0.5) is 5.69 Å². The summed E-state index contributed by atoms with van der Waals surface area (Å²) in [7, 11) is 0. The molecule has 2 fully saturated rings. The molecule has 2 amide bonds. The fraction of sp³-hybridized carbons (Fsp3) is 0.310. The van der Waals surface area contributed by atoms with Gasteiger partial charge in [-0.1, -0.05) is 19.4 Å². The van der Waals surface area contributed by atoms with Gasteiger partial charge in [0.15, 0.2) is 5.78 Å². The lowest BCUT2D eigenvalue weighted by molar-refractivity contribution is -0.132. The number of benzene rings is 2. The second-order valence-electron chi connectivity index (χ2n) is 9.55. The molecule has 0 spiro atoms. The van der Waals surface area contributed by atoms with Gasteiger partial charge in [-0.05, 0) is 61.0 Å². The van der Waals surface area contributed by atoms with Crippen LogP contribution in [0.2, 0.25) is 0 Å². The molecule has 10 nitrogen and oxygen atoms in total. The van der Waals surface area contributed by atoms with E-state index in [9.17, 15) is 24.0 Å². The number of hydrazone groups is 1. The highest BCUT2D eigenvalue weighted by molar-refractivity contribution is 6.24. The summed E-state index contributed by atoms with van der Waals surface area (Å²) in [5, 5.41) is 5.87. The molecule has 39 heavy (non-hydrogen) atoms.